The lowest BCUT2D eigenvalue weighted by atomic mass is 9.80. The summed E-state index contributed by atoms with van der Waals surface area (Å²) in [7, 11) is 0. The lowest BCUT2D eigenvalue weighted by molar-refractivity contribution is 0.0744. The zero-order valence-electron chi connectivity index (χ0n) is 12.3. The van der Waals surface area contributed by atoms with Crippen LogP contribution < -0.4 is 5.32 Å². The van der Waals surface area contributed by atoms with E-state index in [0.29, 0.717) is 12.0 Å². The molecule has 3 atom stereocenters. The van der Waals surface area contributed by atoms with Crippen molar-refractivity contribution in [3.05, 3.63) is 11.7 Å². The fourth-order valence-electron chi connectivity index (χ4n) is 3.37. The van der Waals surface area contributed by atoms with Crippen molar-refractivity contribution in [1.82, 2.24) is 15.5 Å². The van der Waals surface area contributed by atoms with Crippen LogP contribution >= 0.6 is 0 Å². The van der Waals surface area contributed by atoms with Gasteiger partial charge in [-0.1, -0.05) is 31.3 Å². The summed E-state index contributed by atoms with van der Waals surface area (Å²) >= 11 is 0. The third-order valence-electron chi connectivity index (χ3n) is 4.63. The third kappa shape index (κ3) is 3.38. The van der Waals surface area contributed by atoms with Gasteiger partial charge in [0.25, 0.3) is 0 Å². The van der Waals surface area contributed by atoms with E-state index in [1.807, 2.05) is 0 Å². The summed E-state index contributed by atoms with van der Waals surface area (Å²) < 4.78 is 10.9. The summed E-state index contributed by atoms with van der Waals surface area (Å²) in [6.45, 7) is 4.72. The molecule has 0 aromatic carbocycles. The van der Waals surface area contributed by atoms with Crippen molar-refractivity contribution in [3.8, 4) is 0 Å². The van der Waals surface area contributed by atoms with Crippen LogP contribution in [0.1, 0.15) is 56.7 Å². The second-order valence-corrected chi connectivity index (χ2v) is 6.11. The second kappa shape index (κ2) is 6.68. The smallest absolute Gasteiger partial charge is 0.228 e. The normalized spacial score (nSPS) is 31.4. The van der Waals surface area contributed by atoms with Crippen LogP contribution in [0, 0.1) is 5.92 Å². The molecule has 1 aromatic rings. The van der Waals surface area contributed by atoms with E-state index >= 15 is 0 Å². The van der Waals surface area contributed by atoms with Crippen LogP contribution in [0.25, 0.3) is 0 Å². The number of hydrogen-bond donors (Lipinski definition) is 1. The zero-order chi connectivity index (χ0) is 13.8. The van der Waals surface area contributed by atoms with Crippen LogP contribution in [0.3, 0.4) is 0 Å². The molecule has 112 valence electrons. The molecular weight excluding hydrogens is 254 g/mol. The summed E-state index contributed by atoms with van der Waals surface area (Å²) in [4.78, 5) is 4.62. The minimum absolute atomic E-state index is 0.312. The number of ether oxygens (including phenoxy) is 1. The molecule has 20 heavy (non-hydrogen) atoms. The maximum Gasteiger partial charge on any atom is 0.228 e. The lowest BCUT2D eigenvalue weighted by Crippen LogP contribution is -2.42. The van der Waals surface area contributed by atoms with Crippen molar-refractivity contribution < 1.29 is 9.26 Å². The first kappa shape index (κ1) is 14.0. The average molecular weight is 279 g/mol. The van der Waals surface area contributed by atoms with Crippen molar-refractivity contribution in [2.45, 2.75) is 57.4 Å². The van der Waals surface area contributed by atoms with Crippen LogP contribution in [0.5, 0.6) is 0 Å². The molecule has 5 nitrogen and oxygen atoms in total. The fraction of sp³-hybridized carbons (Fsp3) is 0.867. The Morgan fingerprint density at radius 1 is 1.35 bits per heavy atom. The molecule has 2 heterocycles. The summed E-state index contributed by atoms with van der Waals surface area (Å²) in [5.41, 5.74) is 0. The van der Waals surface area contributed by atoms with E-state index in [1.165, 1.54) is 32.1 Å². The number of aromatic nitrogens is 2. The standard InChI is InChI=1S/C15H25N3O2/c1-2-11-4-3-5-12(8-11)15-17-14(20-18-15)9-13-10-19-7-6-16-13/h11-13,16H,2-10H2,1H3. The molecule has 0 amide bonds. The van der Waals surface area contributed by atoms with Gasteiger partial charge in [-0.15, -0.1) is 0 Å². The van der Waals surface area contributed by atoms with Gasteiger partial charge in [0, 0.05) is 24.9 Å². The second-order valence-electron chi connectivity index (χ2n) is 6.11. The molecule has 0 radical (unpaired) electrons. The van der Waals surface area contributed by atoms with Gasteiger partial charge in [-0.3, -0.25) is 0 Å². The predicted molar refractivity (Wildman–Crippen MR) is 75.6 cm³/mol. The van der Waals surface area contributed by atoms with E-state index in [4.69, 9.17) is 9.26 Å². The summed E-state index contributed by atoms with van der Waals surface area (Å²) in [6.07, 6.45) is 7.13. The van der Waals surface area contributed by atoms with Crippen LogP contribution in [0.4, 0.5) is 0 Å². The highest BCUT2D eigenvalue weighted by atomic mass is 16.5. The van der Waals surface area contributed by atoms with Gasteiger partial charge < -0.3 is 14.6 Å². The number of morpholine rings is 1. The van der Waals surface area contributed by atoms with Crippen molar-refractivity contribution in [3.63, 3.8) is 0 Å². The number of nitrogens with zero attached hydrogens (tertiary/aromatic N) is 2. The Hall–Kier alpha value is -0.940. The molecule has 1 saturated heterocycles. The highest BCUT2D eigenvalue weighted by Crippen LogP contribution is 2.36. The minimum Gasteiger partial charge on any atom is -0.378 e. The Bertz CT molecular complexity index is 415. The molecule has 1 aliphatic heterocycles. The number of rotatable bonds is 4. The molecule has 5 heteroatoms. The molecular formula is C15H25N3O2. The van der Waals surface area contributed by atoms with Gasteiger partial charge in [-0.05, 0) is 18.8 Å². The van der Waals surface area contributed by atoms with Gasteiger partial charge in [0.15, 0.2) is 5.82 Å². The zero-order valence-corrected chi connectivity index (χ0v) is 12.3. The minimum atomic E-state index is 0.312. The van der Waals surface area contributed by atoms with Crippen LogP contribution in [-0.2, 0) is 11.2 Å². The van der Waals surface area contributed by atoms with Crippen molar-refractivity contribution >= 4 is 0 Å². The molecule has 0 bridgehead atoms. The number of nitrogens with one attached hydrogen (secondary N) is 1. The van der Waals surface area contributed by atoms with Crippen molar-refractivity contribution in [1.29, 1.82) is 0 Å². The summed E-state index contributed by atoms with van der Waals surface area (Å²) in [6, 6.07) is 0.312. The Kier molecular flexibility index (Phi) is 4.68. The molecule has 2 aliphatic rings. The van der Waals surface area contributed by atoms with E-state index in [2.05, 4.69) is 22.4 Å². The quantitative estimate of drug-likeness (QED) is 0.916. The Morgan fingerprint density at radius 3 is 3.10 bits per heavy atom. The van der Waals surface area contributed by atoms with E-state index in [-0.39, 0.29) is 0 Å². The Labute approximate surface area is 120 Å². The highest BCUT2D eigenvalue weighted by Gasteiger charge is 2.26. The molecule has 1 aromatic heterocycles. The van der Waals surface area contributed by atoms with Gasteiger partial charge in [-0.25, -0.2) is 0 Å². The molecule has 0 spiro atoms. The Balaban J connectivity index is 1.58. The van der Waals surface area contributed by atoms with Crippen LogP contribution in [0.2, 0.25) is 0 Å². The van der Waals surface area contributed by atoms with E-state index in [0.717, 1.165) is 43.8 Å². The summed E-state index contributed by atoms with van der Waals surface area (Å²) in [5.74, 6) is 3.02. The molecule has 3 rings (SSSR count). The van der Waals surface area contributed by atoms with Crippen molar-refractivity contribution in [2.75, 3.05) is 19.8 Å². The SMILES string of the molecule is CCC1CCCC(c2noc(CC3COCCN3)n2)C1. The van der Waals surface area contributed by atoms with Gasteiger partial charge in [-0.2, -0.15) is 4.98 Å². The largest absolute Gasteiger partial charge is 0.378 e. The molecule has 3 unspecified atom stereocenters. The first-order valence-corrected chi connectivity index (χ1v) is 7.98. The van der Waals surface area contributed by atoms with Crippen molar-refractivity contribution in [2.24, 2.45) is 5.92 Å². The first-order valence-electron chi connectivity index (χ1n) is 7.98. The maximum absolute atomic E-state index is 5.45. The lowest BCUT2D eigenvalue weighted by Gasteiger charge is -2.26. The van der Waals surface area contributed by atoms with Crippen LogP contribution in [-0.4, -0.2) is 35.9 Å². The maximum atomic E-state index is 5.45. The molecule has 1 aliphatic carbocycles. The fourth-order valence-corrected chi connectivity index (χ4v) is 3.37. The van der Waals surface area contributed by atoms with Gasteiger partial charge in [0.1, 0.15) is 0 Å². The van der Waals surface area contributed by atoms with Gasteiger partial charge in [0.2, 0.25) is 5.89 Å². The van der Waals surface area contributed by atoms with E-state index < -0.39 is 0 Å². The van der Waals surface area contributed by atoms with Gasteiger partial charge in [0.05, 0.1) is 13.2 Å². The average Bonchev–Trinajstić information content (AvgIpc) is 2.97. The molecule has 2 fully saturated rings. The van der Waals surface area contributed by atoms with E-state index in [1.54, 1.807) is 0 Å². The number of hydrogen-bond acceptors (Lipinski definition) is 5. The third-order valence-corrected chi connectivity index (χ3v) is 4.63. The monoisotopic (exact) mass is 279 g/mol. The van der Waals surface area contributed by atoms with E-state index in [9.17, 15) is 0 Å². The molecule has 1 saturated carbocycles. The topological polar surface area (TPSA) is 60.2 Å². The predicted octanol–water partition coefficient (Wildman–Crippen LogP) is 2.28. The molecule has 1 N–H and O–H groups in total. The van der Waals surface area contributed by atoms with Gasteiger partial charge >= 0.3 is 0 Å². The van der Waals surface area contributed by atoms with Crippen LogP contribution in [0.15, 0.2) is 4.52 Å². The first-order chi connectivity index (χ1) is 9.85. The highest BCUT2D eigenvalue weighted by molar-refractivity contribution is 4.99. The Morgan fingerprint density at radius 2 is 2.30 bits per heavy atom. The summed E-state index contributed by atoms with van der Waals surface area (Å²) in [5, 5.41) is 7.64.